The van der Waals surface area contributed by atoms with Crippen LogP contribution in [-0.4, -0.2) is 109 Å². The SMILES string of the molecule is CCCCCCCOCCOCCOCCOCCOCCOCCO.O=S(=O)(O)O. The average Bonchev–Trinajstić information content (AvgIpc) is 2.70. The van der Waals surface area contributed by atoms with E-state index in [4.69, 9.17) is 51.1 Å². The molecule has 3 N–H and O–H groups in total. The van der Waals surface area contributed by atoms with Crippen molar-refractivity contribution in [3.05, 3.63) is 0 Å². The maximum absolute atomic E-state index is 8.74. The van der Waals surface area contributed by atoms with Crippen molar-refractivity contribution in [2.75, 3.05) is 85.9 Å². The molecule has 0 aliphatic carbocycles. The molecule has 0 heterocycles. The van der Waals surface area contributed by atoms with Crippen LogP contribution in [0, 0.1) is 0 Å². The summed E-state index contributed by atoms with van der Waals surface area (Å²) in [5.74, 6) is 0. The number of aliphatic hydroxyl groups is 1. The van der Waals surface area contributed by atoms with Crippen LogP contribution in [0.15, 0.2) is 0 Å². The van der Waals surface area contributed by atoms with Crippen molar-refractivity contribution in [3.63, 3.8) is 0 Å². The monoisotopic (exact) mass is 478 g/mol. The van der Waals surface area contributed by atoms with E-state index in [9.17, 15) is 0 Å². The van der Waals surface area contributed by atoms with Crippen LogP contribution in [0.5, 0.6) is 0 Å². The van der Waals surface area contributed by atoms with Gasteiger partial charge in [-0.15, -0.1) is 0 Å². The summed E-state index contributed by atoms with van der Waals surface area (Å²) >= 11 is 0. The number of unbranched alkanes of at least 4 members (excludes halogenated alkanes) is 4. The second-order valence-corrected chi connectivity index (χ2v) is 7.16. The summed E-state index contributed by atoms with van der Waals surface area (Å²) in [4.78, 5) is 0. The lowest BCUT2D eigenvalue weighted by Gasteiger charge is -2.08. The van der Waals surface area contributed by atoms with E-state index in [0.717, 1.165) is 13.0 Å². The Bertz CT molecular complexity index is 389. The minimum Gasteiger partial charge on any atom is -0.394 e. The Morgan fingerprint density at radius 1 is 0.516 bits per heavy atom. The molecule has 0 aliphatic heterocycles. The Morgan fingerprint density at radius 3 is 1.13 bits per heavy atom. The first-order valence-electron chi connectivity index (χ1n) is 10.7. The van der Waals surface area contributed by atoms with Crippen molar-refractivity contribution in [1.82, 2.24) is 0 Å². The minimum atomic E-state index is -4.67. The van der Waals surface area contributed by atoms with Gasteiger partial charge >= 0.3 is 10.4 Å². The highest BCUT2D eigenvalue weighted by Gasteiger charge is 1.94. The van der Waals surface area contributed by atoms with Gasteiger partial charge in [-0.1, -0.05) is 32.6 Å². The highest BCUT2D eigenvalue weighted by atomic mass is 32.3. The summed E-state index contributed by atoms with van der Waals surface area (Å²) < 4.78 is 63.7. The van der Waals surface area contributed by atoms with Crippen molar-refractivity contribution in [3.8, 4) is 0 Å². The van der Waals surface area contributed by atoms with Gasteiger partial charge in [-0.3, -0.25) is 9.11 Å². The molecular formula is C19H42O11S. The lowest BCUT2D eigenvalue weighted by Crippen LogP contribution is -2.14. The molecular weight excluding hydrogens is 436 g/mol. The summed E-state index contributed by atoms with van der Waals surface area (Å²) in [6.45, 7) is 9.05. The fourth-order valence-corrected chi connectivity index (χ4v) is 2.07. The molecule has 0 atom stereocenters. The number of rotatable bonds is 23. The van der Waals surface area contributed by atoms with E-state index in [-0.39, 0.29) is 6.61 Å². The number of hydrogen-bond donors (Lipinski definition) is 3. The maximum Gasteiger partial charge on any atom is 0.394 e. The van der Waals surface area contributed by atoms with Gasteiger partial charge in [0.2, 0.25) is 0 Å². The van der Waals surface area contributed by atoms with Gasteiger partial charge in [0.1, 0.15) is 0 Å². The molecule has 0 fully saturated rings. The van der Waals surface area contributed by atoms with Crippen LogP contribution in [0.1, 0.15) is 39.0 Å². The predicted octanol–water partition coefficient (Wildman–Crippen LogP) is 1.40. The normalized spacial score (nSPS) is 11.4. The first kappa shape index (κ1) is 32.8. The van der Waals surface area contributed by atoms with E-state index in [1.807, 2.05) is 0 Å². The molecule has 31 heavy (non-hydrogen) atoms. The Morgan fingerprint density at radius 2 is 0.806 bits per heavy atom. The fraction of sp³-hybridized carbons (Fsp3) is 1.00. The van der Waals surface area contributed by atoms with Crippen LogP contribution in [0.3, 0.4) is 0 Å². The van der Waals surface area contributed by atoms with Gasteiger partial charge in [-0.05, 0) is 6.42 Å². The second kappa shape index (κ2) is 27.6. The smallest absolute Gasteiger partial charge is 0.394 e. The zero-order valence-corrected chi connectivity index (χ0v) is 19.6. The third-order valence-corrected chi connectivity index (χ3v) is 3.49. The van der Waals surface area contributed by atoms with Crippen LogP contribution in [0.4, 0.5) is 0 Å². The lowest BCUT2D eigenvalue weighted by atomic mass is 10.2. The second-order valence-electron chi connectivity index (χ2n) is 6.26. The van der Waals surface area contributed by atoms with Gasteiger partial charge in [0.25, 0.3) is 0 Å². The van der Waals surface area contributed by atoms with E-state index in [0.29, 0.717) is 72.7 Å². The molecule has 0 bridgehead atoms. The number of aliphatic hydroxyl groups excluding tert-OH is 1. The molecule has 0 saturated carbocycles. The van der Waals surface area contributed by atoms with E-state index in [1.165, 1.54) is 25.7 Å². The minimum absolute atomic E-state index is 0.0428. The molecule has 0 rings (SSSR count). The van der Waals surface area contributed by atoms with Gasteiger partial charge < -0.3 is 33.5 Å². The molecule has 0 aliphatic rings. The highest BCUT2D eigenvalue weighted by Crippen LogP contribution is 2.02. The molecule has 0 aromatic rings. The lowest BCUT2D eigenvalue weighted by molar-refractivity contribution is -0.0182. The van der Waals surface area contributed by atoms with E-state index < -0.39 is 10.4 Å². The van der Waals surface area contributed by atoms with E-state index in [1.54, 1.807) is 0 Å². The summed E-state index contributed by atoms with van der Waals surface area (Å²) in [5.41, 5.74) is 0. The summed E-state index contributed by atoms with van der Waals surface area (Å²) in [7, 11) is -4.67. The van der Waals surface area contributed by atoms with Gasteiger partial charge in [-0.2, -0.15) is 8.42 Å². The van der Waals surface area contributed by atoms with Crippen molar-refractivity contribution in [1.29, 1.82) is 0 Å². The number of ether oxygens (including phenoxy) is 6. The van der Waals surface area contributed by atoms with Crippen LogP contribution >= 0.6 is 0 Å². The molecule has 0 unspecified atom stereocenters. The summed E-state index contributed by atoms with van der Waals surface area (Å²) in [5, 5.41) is 8.52. The van der Waals surface area contributed by atoms with E-state index >= 15 is 0 Å². The highest BCUT2D eigenvalue weighted by molar-refractivity contribution is 7.79. The summed E-state index contributed by atoms with van der Waals surface area (Å²) in [6, 6.07) is 0. The summed E-state index contributed by atoms with van der Waals surface area (Å²) in [6.07, 6.45) is 6.32. The fourth-order valence-electron chi connectivity index (χ4n) is 2.07. The topological polar surface area (TPSA) is 150 Å². The van der Waals surface area contributed by atoms with Crippen LogP contribution in [0.2, 0.25) is 0 Å². The van der Waals surface area contributed by atoms with Crippen molar-refractivity contribution in [2.45, 2.75) is 39.0 Å². The van der Waals surface area contributed by atoms with E-state index in [2.05, 4.69) is 6.92 Å². The van der Waals surface area contributed by atoms with Crippen LogP contribution < -0.4 is 0 Å². The molecule has 0 saturated heterocycles. The van der Waals surface area contributed by atoms with Crippen LogP contribution in [-0.2, 0) is 38.8 Å². The average molecular weight is 479 g/mol. The standard InChI is InChI=1S/C19H40O7.H2O4S/c1-2-3-4-5-6-8-21-10-12-23-14-16-25-18-19-26-17-15-24-13-11-22-9-7-20;1-5(2,3)4/h20H,2-19H2,1H3;(H2,1,2,3,4). The first-order valence-corrected chi connectivity index (χ1v) is 12.1. The maximum atomic E-state index is 8.74. The predicted molar refractivity (Wildman–Crippen MR) is 115 cm³/mol. The van der Waals surface area contributed by atoms with Crippen LogP contribution in [0.25, 0.3) is 0 Å². The Labute approximate surface area is 186 Å². The van der Waals surface area contributed by atoms with Gasteiger partial charge in [0.05, 0.1) is 79.3 Å². The van der Waals surface area contributed by atoms with Crippen molar-refractivity contribution in [2.24, 2.45) is 0 Å². The Balaban J connectivity index is 0. The largest absolute Gasteiger partial charge is 0.394 e. The molecule has 12 heteroatoms. The van der Waals surface area contributed by atoms with Crippen molar-refractivity contribution >= 4 is 10.4 Å². The molecule has 0 aromatic heterocycles. The first-order chi connectivity index (χ1) is 14.9. The van der Waals surface area contributed by atoms with Crippen molar-refractivity contribution < 1.29 is 51.1 Å². The zero-order valence-electron chi connectivity index (χ0n) is 18.7. The molecule has 0 spiro atoms. The van der Waals surface area contributed by atoms with Gasteiger partial charge in [0, 0.05) is 6.61 Å². The molecule has 0 radical (unpaired) electrons. The molecule has 11 nitrogen and oxygen atoms in total. The molecule has 190 valence electrons. The molecule has 0 aromatic carbocycles. The van der Waals surface area contributed by atoms with Gasteiger partial charge in [-0.25, -0.2) is 0 Å². The number of hydrogen-bond acceptors (Lipinski definition) is 9. The third kappa shape index (κ3) is 44.1. The third-order valence-electron chi connectivity index (χ3n) is 3.49. The molecule has 0 amide bonds. The van der Waals surface area contributed by atoms with Gasteiger partial charge in [0.15, 0.2) is 0 Å². The Hall–Kier alpha value is -0.410. The Kier molecular flexibility index (Phi) is 29.2. The zero-order chi connectivity index (χ0) is 23.5. The quantitative estimate of drug-likeness (QED) is 0.144.